The molecule has 11 nitrogen and oxygen atoms in total. The van der Waals surface area contributed by atoms with Crippen LogP contribution in [-0.2, 0) is 27.2 Å². The zero-order valence-electron chi connectivity index (χ0n) is 32.9. The summed E-state index contributed by atoms with van der Waals surface area (Å²) < 4.78 is 4.76. The standard InChI is InChI=1S/C40H53N7O4.4H2S/c1-24(2)26(5)38(48)46-20-8-12-33(46)36-41-23-32(44-36)29-17-14-27(15-18-29)10-7-11-28-16-19-30-31(22-28)43-37(42-30)34-13-9-21-47(34)39(49)35(25(3)4)45-40(50)51-6;;;;/h14-19,22-26,33-35H,7-13,20-21H2,1-6H3,(H,41,44)(H,42,43)(H,45,50);4*1H2/t26-,33-,34-,35-;;;;/m0..../s1. The Kier molecular flexibility index (Phi) is 18.6. The highest BCUT2D eigenvalue weighted by Crippen LogP contribution is 2.35. The second-order valence-electron chi connectivity index (χ2n) is 15.0. The molecule has 55 heavy (non-hydrogen) atoms. The van der Waals surface area contributed by atoms with Crippen molar-refractivity contribution >= 4 is 82.9 Å². The van der Waals surface area contributed by atoms with E-state index in [1.54, 1.807) is 0 Å². The van der Waals surface area contributed by atoms with Gasteiger partial charge in [-0.05, 0) is 85.6 Å². The van der Waals surface area contributed by atoms with Gasteiger partial charge in [-0.3, -0.25) is 9.59 Å². The first kappa shape index (κ1) is 47.9. The van der Waals surface area contributed by atoms with Gasteiger partial charge in [0.15, 0.2) is 0 Å². The number of imidazole rings is 2. The third-order valence-corrected chi connectivity index (χ3v) is 10.8. The van der Waals surface area contributed by atoms with Gasteiger partial charge < -0.3 is 29.8 Å². The summed E-state index contributed by atoms with van der Waals surface area (Å²) in [5, 5.41) is 2.71. The number of likely N-dealkylation sites (tertiary alicyclic amines) is 2. The van der Waals surface area contributed by atoms with E-state index in [4.69, 9.17) is 14.7 Å². The molecule has 3 amide bonds. The number of nitrogens with zero attached hydrogens (tertiary/aromatic N) is 4. The first-order valence-electron chi connectivity index (χ1n) is 18.6. The normalized spacial score (nSPS) is 17.5. The average molecular weight is 832 g/mol. The molecule has 304 valence electrons. The maximum atomic E-state index is 13.5. The molecule has 2 aliphatic heterocycles. The van der Waals surface area contributed by atoms with Gasteiger partial charge in [0.05, 0.1) is 42.1 Å². The summed E-state index contributed by atoms with van der Waals surface area (Å²) in [5.41, 5.74) is 6.44. The van der Waals surface area contributed by atoms with Crippen LogP contribution in [0, 0.1) is 17.8 Å². The number of aromatic amines is 2. The molecular formula is C40H61N7O4S4. The summed E-state index contributed by atoms with van der Waals surface area (Å²) in [6.07, 6.45) is 7.83. The summed E-state index contributed by atoms with van der Waals surface area (Å²) >= 11 is 0. The van der Waals surface area contributed by atoms with E-state index in [2.05, 4.69) is 71.6 Å². The fourth-order valence-corrected chi connectivity index (χ4v) is 7.44. The van der Waals surface area contributed by atoms with Gasteiger partial charge >= 0.3 is 6.09 Å². The number of alkyl carbamates (subject to hydrolysis) is 1. The van der Waals surface area contributed by atoms with Crippen LogP contribution in [0.25, 0.3) is 22.3 Å². The Morgan fingerprint density at radius 2 is 1.40 bits per heavy atom. The van der Waals surface area contributed by atoms with E-state index in [0.717, 1.165) is 85.4 Å². The lowest BCUT2D eigenvalue weighted by Gasteiger charge is -2.29. The molecule has 15 heteroatoms. The van der Waals surface area contributed by atoms with Gasteiger partial charge in [-0.15, -0.1) is 0 Å². The summed E-state index contributed by atoms with van der Waals surface area (Å²) in [5.74, 6) is 2.01. The molecule has 0 spiro atoms. The van der Waals surface area contributed by atoms with Crippen molar-refractivity contribution in [3.8, 4) is 11.3 Å². The molecule has 2 fully saturated rings. The first-order valence-corrected chi connectivity index (χ1v) is 18.6. The Morgan fingerprint density at radius 3 is 2.02 bits per heavy atom. The summed E-state index contributed by atoms with van der Waals surface area (Å²) in [6, 6.07) is 14.2. The second-order valence-corrected chi connectivity index (χ2v) is 15.0. The number of amides is 3. The van der Waals surface area contributed by atoms with E-state index in [-0.39, 0.29) is 89.7 Å². The highest BCUT2D eigenvalue weighted by atomic mass is 32.1. The minimum absolute atomic E-state index is 0. The highest BCUT2D eigenvalue weighted by Gasteiger charge is 2.38. The molecule has 2 aliphatic rings. The molecule has 0 saturated carbocycles. The number of hydrogen-bond donors (Lipinski definition) is 3. The van der Waals surface area contributed by atoms with Crippen LogP contribution in [0.2, 0.25) is 0 Å². The molecule has 0 bridgehead atoms. The fourth-order valence-electron chi connectivity index (χ4n) is 7.44. The monoisotopic (exact) mass is 831 g/mol. The van der Waals surface area contributed by atoms with Crippen LogP contribution in [0.3, 0.4) is 0 Å². The zero-order chi connectivity index (χ0) is 36.2. The Hall–Kier alpha value is -3.27. The van der Waals surface area contributed by atoms with Crippen LogP contribution in [0.1, 0.15) is 102 Å². The molecule has 2 aromatic heterocycles. The number of ether oxygens (including phenoxy) is 1. The molecule has 2 saturated heterocycles. The van der Waals surface area contributed by atoms with Crippen molar-refractivity contribution in [1.29, 1.82) is 0 Å². The topological polar surface area (TPSA) is 136 Å². The lowest BCUT2D eigenvalue weighted by Crippen LogP contribution is -2.51. The van der Waals surface area contributed by atoms with Gasteiger partial charge in [0.2, 0.25) is 11.8 Å². The zero-order valence-corrected chi connectivity index (χ0v) is 36.9. The van der Waals surface area contributed by atoms with Crippen molar-refractivity contribution < 1.29 is 19.1 Å². The first-order chi connectivity index (χ1) is 24.5. The largest absolute Gasteiger partial charge is 0.453 e. The Labute approximate surface area is 353 Å². The van der Waals surface area contributed by atoms with E-state index in [1.807, 2.05) is 36.8 Å². The van der Waals surface area contributed by atoms with Crippen molar-refractivity contribution in [2.45, 2.75) is 97.7 Å². The number of carbonyl (C=O) groups is 3. The molecule has 6 rings (SSSR count). The Morgan fingerprint density at radius 1 is 0.800 bits per heavy atom. The van der Waals surface area contributed by atoms with E-state index in [9.17, 15) is 14.4 Å². The minimum atomic E-state index is -0.659. The van der Waals surface area contributed by atoms with Crippen molar-refractivity contribution in [1.82, 2.24) is 35.1 Å². The maximum Gasteiger partial charge on any atom is 0.407 e. The smallest absolute Gasteiger partial charge is 0.407 e. The van der Waals surface area contributed by atoms with Crippen LogP contribution in [-0.4, -0.2) is 73.9 Å². The molecule has 4 atom stereocenters. The van der Waals surface area contributed by atoms with Crippen LogP contribution < -0.4 is 5.32 Å². The van der Waals surface area contributed by atoms with Gasteiger partial charge in [0, 0.05) is 19.0 Å². The molecule has 2 aromatic carbocycles. The SMILES string of the molecule is COC(=O)N[C@H](C(=O)N1CCC[C@H]1c1nc2ccc(CCCc3ccc(-c4cnc([C@@H]5CCCN5C(=O)[C@@H](C)C(C)C)[nH]4)cc3)cc2[nH]1)C(C)C.S.S.S.S. The van der Waals surface area contributed by atoms with Crippen molar-refractivity contribution in [3.05, 3.63) is 71.4 Å². The number of hydrogen-bond acceptors (Lipinski definition) is 6. The Balaban J connectivity index is 0.00000261. The Bertz CT molecular complexity index is 1850. The molecule has 3 N–H and O–H groups in total. The molecule has 0 unspecified atom stereocenters. The summed E-state index contributed by atoms with van der Waals surface area (Å²) in [7, 11) is 1.30. The molecule has 4 heterocycles. The predicted molar refractivity (Wildman–Crippen MR) is 239 cm³/mol. The lowest BCUT2D eigenvalue weighted by molar-refractivity contribution is -0.137. The van der Waals surface area contributed by atoms with Crippen LogP contribution in [0.4, 0.5) is 4.79 Å². The highest BCUT2D eigenvalue weighted by molar-refractivity contribution is 7.59. The number of benzene rings is 2. The summed E-state index contributed by atoms with van der Waals surface area (Å²) in [4.78, 5) is 59.0. The van der Waals surface area contributed by atoms with Crippen molar-refractivity contribution in [2.24, 2.45) is 17.8 Å². The lowest BCUT2D eigenvalue weighted by atomic mass is 9.96. The van der Waals surface area contributed by atoms with E-state index in [0.29, 0.717) is 12.5 Å². The summed E-state index contributed by atoms with van der Waals surface area (Å²) in [6.45, 7) is 11.5. The number of H-pyrrole nitrogens is 2. The van der Waals surface area contributed by atoms with Crippen molar-refractivity contribution in [3.63, 3.8) is 0 Å². The third-order valence-electron chi connectivity index (χ3n) is 10.8. The maximum absolute atomic E-state index is 13.5. The predicted octanol–water partition coefficient (Wildman–Crippen LogP) is 7.58. The van der Waals surface area contributed by atoms with E-state index in [1.165, 1.54) is 18.2 Å². The number of aromatic nitrogens is 4. The second kappa shape index (κ2) is 21.3. The van der Waals surface area contributed by atoms with Crippen LogP contribution in [0.5, 0.6) is 0 Å². The van der Waals surface area contributed by atoms with Gasteiger partial charge in [-0.2, -0.15) is 54.0 Å². The molecular weight excluding hydrogens is 771 g/mol. The number of aryl methyl sites for hydroxylation is 2. The molecule has 4 aromatic rings. The minimum Gasteiger partial charge on any atom is -0.453 e. The fraction of sp³-hybridized carbons (Fsp3) is 0.525. The quantitative estimate of drug-likeness (QED) is 0.135. The van der Waals surface area contributed by atoms with Crippen LogP contribution in [0.15, 0.2) is 48.7 Å². The number of rotatable bonds is 12. The van der Waals surface area contributed by atoms with Gasteiger partial charge in [0.1, 0.15) is 17.7 Å². The average Bonchev–Trinajstić information content (AvgIpc) is 3.95. The van der Waals surface area contributed by atoms with Gasteiger partial charge in [0.25, 0.3) is 0 Å². The van der Waals surface area contributed by atoms with E-state index < -0.39 is 12.1 Å². The van der Waals surface area contributed by atoms with Gasteiger partial charge in [-0.25, -0.2) is 14.8 Å². The third kappa shape index (κ3) is 11.0. The van der Waals surface area contributed by atoms with Crippen molar-refractivity contribution in [2.75, 3.05) is 20.2 Å². The number of carbonyl (C=O) groups excluding carboxylic acids is 3. The van der Waals surface area contributed by atoms with Crippen LogP contribution >= 0.6 is 54.0 Å². The number of fused-ring (bicyclic) bond motifs is 1. The molecule has 0 aliphatic carbocycles. The number of methoxy groups -OCH3 is 1. The number of nitrogens with one attached hydrogen (secondary N) is 3. The van der Waals surface area contributed by atoms with E-state index >= 15 is 0 Å². The molecule has 0 radical (unpaired) electrons. The van der Waals surface area contributed by atoms with Gasteiger partial charge in [-0.1, -0.05) is 65.0 Å².